The Morgan fingerprint density at radius 2 is 2.31 bits per heavy atom. The number of hydrogen-bond donors (Lipinski definition) is 2. The van der Waals surface area contributed by atoms with Crippen molar-refractivity contribution < 1.29 is 0 Å². The lowest BCUT2D eigenvalue weighted by Crippen LogP contribution is -2.03. The smallest absolute Gasteiger partial charge is 0.222 e. The summed E-state index contributed by atoms with van der Waals surface area (Å²) < 4.78 is 0. The lowest BCUT2D eigenvalue weighted by Gasteiger charge is -2.05. The van der Waals surface area contributed by atoms with Gasteiger partial charge in [-0.3, -0.25) is 0 Å². The van der Waals surface area contributed by atoms with Gasteiger partial charge in [-0.1, -0.05) is 11.6 Å². The fraction of sp³-hybridized carbons (Fsp3) is 0.200. The Kier molecular flexibility index (Phi) is 3.26. The number of nitrogens with zero attached hydrogens (tertiary/aromatic N) is 2. The molecule has 0 amide bonds. The van der Waals surface area contributed by atoms with Crippen molar-refractivity contribution in [1.29, 1.82) is 0 Å². The molecule has 0 atom stereocenters. The minimum Gasteiger partial charge on any atom is -0.368 e. The summed E-state index contributed by atoms with van der Waals surface area (Å²) in [4.78, 5) is 10.3. The van der Waals surface area contributed by atoms with Gasteiger partial charge in [-0.25, -0.2) is 4.98 Å². The van der Waals surface area contributed by atoms with E-state index in [9.17, 15) is 0 Å². The highest BCUT2D eigenvalue weighted by Gasteiger charge is 2.04. The summed E-state index contributed by atoms with van der Waals surface area (Å²) in [6.45, 7) is 2.76. The van der Waals surface area contributed by atoms with E-state index in [-0.39, 0.29) is 5.95 Å². The molecule has 3 N–H and O–H groups in total. The quantitative estimate of drug-likeness (QED) is 0.884. The summed E-state index contributed by atoms with van der Waals surface area (Å²) in [5.41, 5.74) is 5.48. The molecule has 0 aliphatic rings. The molecule has 0 saturated carbocycles. The zero-order valence-corrected chi connectivity index (χ0v) is 10.3. The van der Waals surface area contributed by atoms with Crippen molar-refractivity contribution in [2.24, 2.45) is 0 Å². The van der Waals surface area contributed by atoms with Gasteiger partial charge in [0.05, 0.1) is 12.7 Å². The highest BCUT2D eigenvalue weighted by atomic mass is 35.5. The summed E-state index contributed by atoms with van der Waals surface area (Å²) in [6.07, 6.45) is 1.49. The Labute approximate surface area is 102 Å². The van der Waals surface area contributed by atoms with E-state index in [4.69, 9.17) is 17.3 Å². The first-order valence-electron chi connectivity index (χ1n) is 4.72. The van der Waals surface area contributed by atoms with Crippen LogP contribution in [0.1, 0.15) is 9.75 Å². The van der Waals surface area contributed by atoms with E-state index in [1.54, 1.807) is 11.3 Å². The van der Waals surface area contributed by atoms with Gasteiger partial charge in [-0.05, 0) is 19.1 Å². The van der Waals surface area contributed by atoms with Crippen LogP contribution in [0, 0.1) is 6.92 Å². The molecule has 6 heteroatoms. The average Bonchev–Trinajstić information content (AvgIpc) is 2.66. The summed E-state index contributed by atoms with van der Waals surface area (Å²) in [5, 5.41) is 3.61. The van der Waals surface area contributed by atoms with Crippen molar-refractivity contribution in [3.63, 3.8) is 0 Å². The second kappa shape index (κ2) is 4.67. The summed E-state index contributed by atoms with van der Waals surface area (Å²) in [5.74, 6) is 0.787. The van der Waals surface area contributed by atoms with Crippen molar-refractivity contribution >= 4 is 34.7 Å². The van der Waals surface area contributed by atoms with Gasteiger partial charge >= 0.3 is 0 Å². The largest absolute Gasteiger partial charge is 0.368 e. The van der Waals surface area contributed by atoms with Crippen LogP contribution in [0.15, 0.2) is 18.3 Å². The number of halogens is 1. The van der Waals surface area contributed by atoms with Crippen molar-refractivity contribution in [2.75, 3.05) is 11.1 Å². The van der Waals surface area contributed by atoms with Gasteiger partial charge in [-0.2, -0.15) is 4.98 Å². The Bertz CT molecular complexity index is 497. The van der Waals surface area contributed by atoms with Crippen LogP contribution in [-0.4, -0.2) is 9.97 Å². The van der Waals surface area contributed by atoms with Crippen LogP contribution in [-0.2, 0) is 6.54 Å². The number of hydrogen-bond acceptors (Lipinski definition) is 5. The average molecular weight is 255 g/mol. The molecule has 2 aromatic rings. The van der Waals surface area contributed by atoms with Gasteiger partial charge in [0.2, 0.25) is 5.95 Å². The second-order valence-electron chi connectivity index (χ2n) is 3.29. The third-order valence-corrected chi connectivity index (χ3v) is 3.27. The number of aromatic nitrogens is 2. The van der Waals surface area contributed by atoms with E-state index in [0.29, 0.717) is 17.4 Å². The number of anilines is 2. The summed E-state index contributed by atoms with van der Waals surface area (Å²) in [6, 6.07) is 4.16. The highest BCUT2D eigenvalue weighted by molar-refractivity contribution is 7.11. The fourth-order valence-electron chi connectivity index (χ4n) is 1.26. The summed E-state index contributed by atoms with van der Waals surface area (Å²) >= 11 is 7.66. The van der Waals surface area contributed by atoms with E-state index in [1.165, 1.54) is 16.0 Å². The van der Waals surface area contributed by atoms with Crippen molar-refractivity contribution in [3.05, 3.63) is 33.1 Å². The van der Waals surface area contributed by atoms with Gasteiger partial charge in [0.15, 0.2) is 5.82 Å². The van der Waals surface area contributed by atoms with Crippen LogP contribution in [0.4, 0.5) is 11.8 Å². The molecule has 0 aliphatic heterocycles. The molecule has 0 radical (unpaired) electrons. The fourth-order valence-corrected chi connectivity index (χ4v) is 2.24. The SMILES string of the molecule is Cc1ccc(CNc2nc(N)ncc2Cl)s1. The number of nitrogens with one attached hydrogen (secondary N) is 1. The van der Waals surface area contributed by atoms with E-state index < -0.39 is 0 Å². The predicted molar refractivity (Wildman–Crippen MR) is 67.8 cm³/mol. The number of aryl methyl sites for hydroxylation is 1. The molecule has 0 fully saturated rings. The Morgan fingerprint density at radius 3 is 3.00 bits per heavy atom. The molecule has 2 heterocycles. The molecule has 2 rings (SSSR count). The van der Waals surface area contributed by atoms with Crippen LogP contribution >= 0.6 is 22.9 Å². The van der Waals surface area contributed by atoms with Gasteiger partial charge in [0.25, 0.3) is 0 Å². The first-order chi connectivity index (χ1) is 7.65. The number of thiophene rings is 1. The lowest BCUT2D eigenvalue weighted by atomic mass is 10.4. The molecule has 0 saturated heterocycles. The van der Waals surface area contributed by atoms with Crippen LogP contribution in [0.5, 0.6) is 0 Å². The number of nitrogen functional groups attached to an aromatic ring is 1. The molecule has 0 bridgehead atoms. The summed E-state index contributed by atoms with van der Waals surface area (Å²) in [7, 11) is 0. The maximum absolute atomic E-state index is 5.93. The maximum atomic E-state index is 5.93. The molecule has 84 valence electrons. The van der Waals surface area contributed by atoms with E-state index >= 15 is 0 Å². The first kappa shape index (κ1) is 11.2. The standard InChI is InChI=1S/C10H11ClN4S/c1-6-2-3-7(16-6)4-13-9-8(11)5-14-10(12)15-9/h2-3,5H,4H2,1H3,(H3,12,13,14,15). The van der Waals surface area contributed by atoms with Crippen LogP contribution in [0.25, 0.3) is 0 Å². The Balaban J connectivity index is 2.07. The topological polar surface area (TPSA) is 63.8 Å². The second-order valence-corrected chi connectivity index (χ2v) is 5.07. The van der Waals surface area contributed by atoms with E-state index in [0.717, 1.165) is 0 Å². The van der Waals surface area contributed by atoms with Gasteiger partial charge in [-0.15, -0.1) is 11.3 Å². The Morgan fingerprint density at radius 1 is 1.50 bits per heavy atom. The zero-order valence-electron chi connectivity index (χ0n) is 8.70. The molecule has 16 heavy (non-hydrogen) atoms. The normalized spacial score (nSPS) is 10.4. The molecule has 0 spiro atoms. The Hall–Kier alpha value is -1.33. The van der Waals surface area contributed by atoms with Gasteiger partial charge in [0, 0.05) is 9.75 Å². The van der Waals surface area contributed by atoms with Crippen LogP contribution in [0.2, 0.25) is 5.02 Å². The molecule has 0 unspecified atom stereocenters. The predicted octanol–water partition coefficient (Wildman–Crippen LogP) is 2.69. The van der Waals surface area contributed by atoms with Crippen molar-refractivity contribution in [2.45, 2.75) is 13.5 Å². The molecule has 2 aromatic heterocycles. The first-order valence-corrected chi connectivity index (χ1v) is 5.92. The minimum absolute atomic E-state index is 0.217. The zero-order chi connectivity index (χ0) is 11.5. The van der Waals surface area contributed by atoms with Crippen LogP contribution in [0.3, 0.4) is 0 Å². The monoisotopic (exact) mass is 254 g/mol. The van der Waals surface area contributed by atoms with E-state index in [2.05, 4.69) is 34.3 Å². The third-order valence-electron chi connectivity index (χ3n) is 1.99. The number of nitrogens with two attached hydrogens (primary N) is 1. The number of rotatable bonds is 3. The minimum atomic E-state index is 0.217. The molecule has 0 aliphatic carbocycles. The van der Waals surface area contributed by atoms with Crippen molar-refractivity contribution in [3.8, 4) is 0 Å². The molecular formula is C10H11ClN4S. The maximum Gasteiger partial charge on any atom is 0.222 e. The van der Waals surface area contributed by atoms with Gasteiger partial charge in [0.1, 0.15) is 5.02 Å². The molecular weight excluding hydrogens is 244 g/mol. The molecule has 4 nitrogen and oxygen atoms in total. The lowest BCUT2D eigenvalue weighted by molar-refractivity contribution is 1.11. The van der Waals surface area contributed by atoms with Crippen LogP contribution < -0.4 is 11.1 Å². The van der Waals surface area contributed by atoms with Gasteiger partial charge < -0.3 is 11.1 Å². The highest BCUT2D eigenvalue weighted by Crippen LogP contribution is 2.21. The third kappa shape index (κ3) is 2.62. The molecule has 0 aromatic carbocycles. The van der Waals surface area contributed by atoms with E-state index in [1.807, 2.05) is 0 Å². The van der Waals surface area contributed by atoms with Crippen molar-refractivity contribution in [1.82, 2.24) is 9.97 Å².